The van der Waals surface area contributed by atoms with Crippen molar-refractivity contribution in [1.29, 1.82) is 0 Å². The Morgan fingerprint density at radius 2 is 2.09 bits per heavy atom. The summed E-state index contributed by atoms with van der Waals surface area (Å²) >= 11 is 5.79. The molecule has 0 saturated carbocycles. The van der Waals surface area contributed by atoms with Crippen LogP contribution in [0.4, 0.5) is 0 Å². The van der Waals surface area contributed by atoms with Gasteiger partial charge in [-0.25, -0.2) is 5.43 Å². The van der Waals surface area contributed by atoms with E-state index < -0.39 is 6.10 Å². The predicted octanol–water partition coefficient (Wildman–Crippen LogP) is 3.91. The molecule has 1 aromatic heterocycles. The molecule has 1 heterocycles. The molecule has 5 nitrogen and oxygen atoms in total. The maximum absolute atomic E-state index is 11.9. The number of ether oxygens (including phenoxy) is 1. The van der Waals surface area contributed by atoms with Gasteiger partial charge in [-0.15, -0.1) is 0 Å². The zero-order valence-electron chi connectivity index (χ0n) is 12.8. The Bertz CT molecular complexity index is 691. The van der Waals surface area contributed by atoms with E-state index in [2.05, 4.69) is 10.5 Å². The highest BCUT2D eigenvalue weighted by molar-refractivity contribution is 6.30. The molecule has 1 N–H and O–H groups in total. The lowest BCUT2D eigenvalue weighted by atomic mass is 10.3. The van der Waals surface area contributed by atoms with Crippen LogP contribution in [0.1, 0.15) is 19.6 Å². The van der Waals surface area contributed by atoms with E-state index in [9.17, 15) is 4.79 Å². The van der Waals surface area contributed by atoms with Crippen LogP contribution in [0.2, 0.25) is 5.02 Å². The van der Waals surface area contributed by atoms with Gasteiger partial charge in [-0.2, -0.15) is 5.10 Å². The highest BCUT2D eigenvalue weighted by Crippen LogP contribution is 2.16. The fourth-order valence-corrected chi connectivity index (χ4v) is 1.82. The van der Waals surface area contributed by atoms with Gasteiger partial charge in [0, 0.05) is 5.02 Å². The number of carbonyl (C=O) groups excluding carboxylic acids is 1. The van der Waals surface area contributed by atoms with Gasteiger partial charge in [0.25, 0.3) is 5.91 Å². The summed E-state index contributed by atoms with van der Waals surface area (Å²) in [7, 11) is 0. The van der Waals surface area contributed by atoms with Crippen molar-refractivity contribution in [2.45, 2.75) is 20.0 Å². The standard InChI is InChI=1S/C17H17ClN2O3/c1-12(10-16-4-3-9-22-16)11-19-20-17(21)13(2)23-15-7-5-14(18)6-8-15/h3-11,13H,1-2H3,(H,20,21)/b12-10-,19-11?/t13-/m0/s1. The smallest absolute Gasteiger partial charge is 0.280 e. The van der Waals surface area contributed by atoms with E-state index in [0.29, 0.717) is 10.8 Å². The maximum atomic E-state index is 11.9. The molecule has 0 aliphatic heterocycles. The molecule has 0 spiro atoms. The van der Waals surface area contributed by atoms with Crippen molar-refractivity contribution in [2.75, 3.05) is 0 Å². The topological polar surface area (TPSA) is 63.8 Å². The monoisotopic (exact) mass is 332 g/mol. The van der Waals surface area contributed by atoms with Crippen molar-refractivity contribution in [3.63, 3.8) is 0 Å². The number of hydrazone groups is 1. The van der Waals surface area contributed by atoms with Crippen LogP contribution in [0.3, 0.4) is 0 Å². The number of carbonyl (C=O) groups is 1. The summed E-state index contributed by atoms with van der Waals surface area (Å²) in [5, 5.41) is 4.50. The molecule has 0 radical (unpaired) electrons. The summed E-state index contributed by atoms with van der Waals surface area (Å²) in [6.07, 6.45) is 4.26. The zero-order chi connectivity index (χ0) is 16.7. The van der Waals surface area contributed by atoms with Crippen LogP contribution < -0.4 is 10.2 Å². The van der Waals surface area contributed by atoms with Crippen molar-refractivity contribution in [2.24, 2.45) is 5.10 Å². The summed E-state index contributed by atoms with van der Waals surface area (Å²) in [6.45, 7) is 3.50. The van der Waals surface area contributed by atoms with E-state index in [0.717, 1.165) is 11.3 Å². The van der Waals surface area contributed by atoms with Gasteiger partial charge in [0.1, 0.15) is 11.5 Å². The Balaban J connectivity index is 1.83. The van der Waals surface area contributed by atoms with E-state index in [-0.39, 0.29) is 5.91 Å². The highest BCUT2D eigenvalue weighted by Gasteiger charge is 2.13. The minimum atomic E-state index is -0.678. The number of nitrogens with zero attached hydrogens (tertiary/aromatic N) is 1. The quantitative estimate of drug-likeness (QED) is 0.644. The number of halogens is 1. The third kappa shape index (κ3) is 5.64. The number of furan rings is 1. The summed E-state index contributed by atoms with van der Waals surface area (Å²) in [6, 6.07) is 10.4. The first-order chi connectivity index (χ1) is 11.0. The van der Waals surface area contributed by atoms with Gasteiger partial charge in [0.2, 0.25) is 0 Å². The Kier molecular flexibility index (Phi) is 6.00. The minimum absolute atomic E-state index is 0.345. The number of nitrogens with one attached hydrogen (secondary N) is 1. The Labute approximate surface area is 139 Å². The first-order valence-electron chi connectivity index (χ1n) is 7.01. The fraction of sp³-hybridized carbons (Fsp3) is 0.176. The molecule has 0 saturated heterocycles. The molecule has 120 valence electrons. The lowest BCUT2D eigenvalue weighted by Gasteiger charge is -2.12. The summed E-state index contributed by atoms with van der Waals surface area (Å²) < 4.78 is 10.7. The first-order valence-corrected chi connectivity index (χ1v) is 7.39. The molecule has 0 aliphatic carbocycles. The van der Waals surface area contributed by atoms with Gasteiger partial charge in [0.05, 0.1) is 12.5 Å². The third-order valence-electron chi connectivity index (χ3n) is 2.85. The average molecular weight is 333 g/mol. The van der Waals surface area contributed by atoms with Crippen molar-refractivity contribution in [3.05, 3.63) is 59.0 Å². The van der Waals surface area contributed by atoms with Gasteiger partial charge in [0.15, 0.2) is 6.10 Å². The number of hydrogen-bond donors (Lipinski definition) is 1. The van der Waals surface area contributed by atoms with Gasteiger partial charge < -0.3 is 9.15 Å². The van der Waals surface area contributed by atoms with Crippen LogP contribution in [-0.2, 0) is 4.79 Å². The number of rotatable bonds is 6. The number of benzene rings is 1. The van der Waals surface area contributed by atoms with Crippen LogP contribution in [-0.4, -0.2) is 18.2 Å². The van der Waals surface area contributed by atoms with Crippen LogP contribution in [0.25, 0.3) is 6.08 Å². The first kappa shape index (κ1) is 16.8. The largest absolute Gasteiger partial charge is 0.481 e. The summed E-state index contributed by atoms with van der Waals surface area (Å²) in [4.78, 5) is 11.9. The van der Waals surface area contributed by atoms with Gasteiger partial charge in [-0.3, -0.25) is 4.79 Å². The fourth-order valence-electron chi connectivity index (χ4n) is 1.69. The summed E-state index contributed by atoms with van der Waals surface area (Å²) in [5.41, 5.74) is 3.27. The average Bonchev–Trinajstić information content (AvgIpc) is 3.02. The zero-order valence-corrected chi connectivity index (χ0v) is 13.6. The predicted molar refractivity (Wildman–Crippen MR) is 90.5 cm³/mol. The van der Waals surface area contributed by atoms with Crippen LogP contribution in [0.5, 0.6) is 5.75 Å². The SMILES string of the molecule is C/C(C=NNC(=O)[C@H](C)Oc1ccc(Cl)cc1)=C/c1ccco1. The van der Waals surface area contributed by atoms with Crippen molar-refractivity contribution in [1.82, 2.24) is 5.43 Å². The number of hydrogen-bond acceptors (Lipinski definition) is 4. The summed E-state index contributed by atoms with van der Waals surface area (Å²) in [5.74, 6) is 0.941. The second-order valence-corrected chi connectivity index (χ2v) is 5.29. The molecule has 2 rings (SSSR count). The highest BCUT2D eigenvalue weighted by atomic mass is 35.5. The lowest BCUT2D eigenvalue weighted by Crippen LogP contribution is -2.33. The molecule has 23 heavy (non-hydrogen) atoms. The molecule has 2 aromatic rings. The molecular formula is C17H17ClN2O3. The van der Waals surface area contributed by atoms with E-state index in [1.165, 1.54) is 6.21 Å². The van der Waals surface area contributed by atoms with Crippen LogP contribution in [0, 0.1) is 0 Å². The van der Waals surface area contributed by atoms with Gasteiger partial charge in [-0.05, 0) is 61.9 Å². The Morgan fingerprint density at radius 1 is 1.35 bits per heavy atom. The maximum Gasteiger partial charge on any atom is 0.280 e. The van der Waals surface area contributed by atoms with Gasteiger partial charge >= 0.3 is 0 Å². The molecule has 0 aliphatic rings. The number of allylic oxidation sites excluding steroid dienone is 1. The van der Waals surface area contributed by atoms with Gasteiger partial charge in [-0.1, -0.05) is 11.6 Å². The van der Waals surface area contributed by atoms with E-state index in [4.69, 9.17) is 20.8 Å². The minimum Gasteiger partial charge on any atom is -0.481 e. The van der Waals surface area contributed by atoms with Crippen molar-refractivity contribution in [3.8, 4) is 5.75 Å². The molecule has 0 unspecified atom stereocenters. The third-order valence-corrected chi connectivity index (χ3v) is 3.10. The van der Waals surface area contributed by atoms with Crippen molar-refractivity contribution >= 4 is 29.8 Å². The molecule has 0 fully saturated rings. The van der Waals surface area contributed by atoms with E-state index in [1.54, 1.807) is 43.5 Å². The molecule has 1 aromatic carbocycles. The lowest BCUT2D eigenvalue weighted by molar-refractivity contribution is -0.127. The Morgan fingerprint density at radius 3 is 2.74 bits per heavy atom. The Hall–Kier alpha value is -2.53. The number of amides is 1. The van der Waals surface area contributed by atoms with E-state index in [1.807, 2.05) is 19.1 Å². The van der Waals surface area contributed by atoms with Crippen LogP contribution >= 0.6 is 11.6 Å². The van der Waals surface area contributed by atoms with Crippen LogP contribution in [0.15, 0.2) is 57.8 Å². The second-order valence-electron chi connectivity index (χ2n) is 4.85. The van der Waals surface area contributed by atoms with Crippen molar-refractivity contribution < 1.29 is 13.9 Å². The molecule has 1 atom stereocenters. The molecule has 0 bridgehead atoms. The molecular weight excluding hydrogens is 316 g/mol. The molecule has 1 amide bonds. The normalized spacial score (nSPS) is 13.1. The second kappa shape index (κ2) is 8.19. The van der Waals surface area contributed by atoms with E-state index >= 15 is 0 Å². The molecule has 6 heteroatoms.